The van der Waals surface area contributed by atoms with Crippen LogP contribution in [0.1, 0.15) is 5.69 Å². The first-order valence-electron chi connectivity index (χ1n) is 5.35. The number of ether oxygens (including phenoxy) is 1. The summed E-state index contributed by atoms with van der Waals surface area (Å²) in [6, 6.07) is 0. The van der Waals surface area contributed by atoms with Crippen molar-refractivity contribution in [3.8, 4) is 0 Å². The summed E-state index contributed by atoms with van der Waals surface area (Å²) in [6.45, 7) is 5.15. The lowest BCUT2D eigenvalue weighted by Crippen LogP contribution is -2.37. The van der Waals surface area contributed by atoms with Gasteiger partial charge >= 0.3 is 0 Å². The van der Waals surface area contributed by atoms with Crippen LogP contribution in [0.25, 0.3) is 11.0 Å². The topological polar surface area (TPSA) is 66.9 Å². The van der Waals surface area contributed by atoms with Crippen molar-refractivity contribution in [2.24, 2.45) is 0 Å². The quantitative estimate of drug-likeness (QED) is 0.756. The maximum absolute atomic E-state index is 5.31. The second kappa shape index (κ2) is 3.71. The van der Waals surface area contributed by atoms with Gasteiger partial charge in [0.05, 0.1) is 30.5 Å². The van der Waals surface area contributed by atoms with Crippen LogP contribution in [-0.2, 0) is 4.74 Å². The van der Waals surface area contributed by atoms with Crippen LogP contribution in [0.4, 0.5) is 5.95 Å². The standard InChI is InChI=1S/C10H13N5O/c1-7-8-6-11-14-9(8)13-10(12-7)15-2-4-16-5-3-15/h6H,2-5H2,1H3,(H,11,12,13,14). The first kappa shape index (κ1) is 9.53. The third-order valence-corrected chi connectivity index (χ3v) is 2.78. The number of nitrogens with one attached hydrogen (secondary N) is 1. The van der Waals surface area contributed by atoms with Crippen LogP contribution < -0.4 is 4.90 Å². The Morgan fingerprint density at radius 2 is 2.12 bits per heavy atom. The molecule has 0 bridgehead atoms. The predicted octanol–water partition coefficient (Wildman–Crippen LogP) is 0.498. The molecule has 3 rings (SSSR count). The van der Waals surface area contributed by atoms with E-state index in [1.807, 2.05) is 6.92 Å². The largest absolute Gasteiger partial charge is 0.378 e. The van der Waals surface area contributed by atoms with Gasteiger partial charge in [-0.3, -0.25) is 5.10 Å². The number of H-pyrrole nitrogens is 1. The smallest absolute Gasteiger partial charge is 0.227 e. The zero-order chi connectivity index (χ0) is 11.0. The average molecular weight is 219 g/mol. The molecule has 1 aliphatic heterocycles. The molecule has 6 heteroatoms. The van der Waals surface area contributed by atoms with Crippen LogP contribution in [0.5, 0.6) is 0 Å². The van der Waals surface area contributed by atoms with Gasteiger partial charge in [-0.1, -0.05) is 0 Å². The highest BCUT2D eigenvalue weighted by molar-refractivity contribution is 5.77. The second-order valence-electron chi connectivity index (χ2n) is 3.84. The van der Waals surface area contributed by atoms with Crippen molar-refractivity contribution in [3.05, 3.63) is 11.9 Å². The van der Waals surface area contributed by atoms with E-state index in [1.54, 1.807) is 6.20 Å². The summed E-state index contributed by atoms with van der Waals surface area (Å²) < 4.78 is 5.31. The highest BCUT2D eigenvalue weighted by atomic mass is 16.5. The highest BCUT2D eigenvalue weighted by Crippen LogP contribution is 2.17. The third-order valence-electron chi connectivity index (χ3n) is 2.78. The molecule has 84 valence electrons. The van der Waals surface area contributed by atoms with Crippen LogP contribution in [0.2, 0.25) is 0 Å². The summed E-state index contributed by atoms with van der Waals surface area (Å²) in [6.07, 6.45) is 1.76. The van der Waals surface area contributed by atoms with Gasteiger partial charge in [0.1, 0.15) is 0 Å². The molecule has 0 aromatic carbocycles. The number of fused-ring (bicyclic) bond motifs is 1. The van der Waals surface area contributed by atoms with E-state index in [1.165, 1.54) is 0 Å². The maximum atomic E-state index is 5.31. The molecule has 2 aromatic rings. The Hall–Kier alpha value is -1.69. The van der Waals surface area contributed by atoms with Crippen molar-refractivity contribution in [1.29, 1.82) is 0 Å². The Morgan fingerprint density at radius 1 is 1.31 bits per heavy atom. The summed E-state index contributed by atoms with van der Waals surface area (Å²) >= 11 is 0. The summed E-state index contributed by atoms with van der Waals surface area (Å²) in [5, 5.41) is 7.84. The molecule has 1 aliphatic rings. The molecule has 1 saturated heterocycles. The van der Waals surface area contributed by atoms with E-state index >= 15 is 0 Å². The Labute approximate surface area is 92.6 Å². The normalized spacial score (nSPS) is 16.9. The first-order valence-corrected chi connectivity index (χ1v) is 5.35. The minimum atomic E-state index is 0.740. The molecular weight excluding hydrogens is 206 g/mol. The van der Waals surface area contributed by atoms with E-state index in [4.69, 9.17) is 4.74 Å². The number of hydrogen-bond acceptors (Lipinski definition) is 5. The number of aromatic amines is 1. The minimum Gasteiger partial charge on any atom is -0.378 e. The Balaban J connectivity index is 2.02. The van der Waals surface area contributed by atoms with Crippen LogP contribution >= 0.6 is 0 Å². The van der Waals surface area contributed by atoms with Gasteiger partial charge in [-0.15, -0.1) is 0 Å². The molecule has 2 aromatic heterocycles. The van der Waals surface area contributed by atoms with Crippen molar-refractivity contribution < 1.29 is 4.74 Å². The number of morpholine rings is 1. The number of anilines is 1. The van der Waals surface area contributed by atoms with Gasteiger partial charge in [0.25, 0.3) is 0 Å². The first-order chi connectivity index (χ1) is 7.84. The lowest BCUT2D eigenvalue weighted by molar-refractivity contribution is 0.122. The molecule has 0 saturated carbocycles. The molecule has 0 unspecified atom stereocenters. The molecule has 0 spiro atoms. The van der Waals surface area contributed by atoms with Crippen molar-refractivity contribution in [2.45, 2.75) is 6.92 Å². The maximum Gasteiger partial charge on any atom is 0.227 e. The number of rotatable bonds is 1. The van der Waals surface area contributed by atoms with E-state index in [0.29, 0.717) is 0 Å². The number of nitrogens with zero attached hydrogens (tertiary/aromatic N) is 4. The molecule has 1 fully saturated rings. The van der Waals surface area contributed by atoms with E-state index in [9.17, 15) is 0 Å². The van der Waals surface area contributed by atoms with Gasteiger partial charge in [0.2, 0.25) is 5.95 Å². The zero-order valence-corrected chi connectivity index (χ0v) is 9.10. The van der Waals surface area contributed by atoms with Crippen molar-refractivity contribution >= 4 is 17.0 Å². The van der Waals surface area contributed by atoms with E-state index in [0.717, 1.165) is 49.0 Å². The fourth-order valence-corrected chi connectivity index (χ4v) is 1.87. The van der Waals surface area contributed by atoms with E-state index < -0.39 is 0 Å². The number of aryl methyl sites for hydroxylation is 1. The van der Waals surface area contributed by atoms with Crippen molar-refractivity contribution in [1.82, 2.24) is 20.2 Å². The van der Waals surface area contributed by atoms with Crippen LogP contribution in [0, 0.1) is 6.92 Å². The average Bonchev–Trinajstić information content (AvgIpc) is 2.79. The molecule has 0 amide bonds. The number of hydrogen-bond donors (Lipinski definition) is 1. The molecule has 0 aliphatic carbocycles. The SMILES string of the molecule is Cc1nc(N2CCOCC2)nc2[nH]ncc12. The summed E-state index contributed by atoms with van der Waals surface area (Å²) in [5.41, 5.74) is 1.76. The second-order valence-corrected chi connectivity index (χ2v) is 3.84. The predicted molar refractivity (Wildman–Crippen MR) is 59.5 cm³/mol. The third kappa shape index (κ3) is 1.51. The summed E-state index contributed by atoms with van der Waals surface area (Å²) in [5.74, 6) is 0.762. The molecule has 3 heterocycles. The highest BCUT2D eigenvalue weighted by Gasteiger charge is 2.15. The number of aromatic nitrogens is 4. The fourth-order valence-electron chi connectivity index (χ4n) is 1.87. The molecule has 6 nitrogen and oxygen atoms in total. The Kier molecular flexibility index (Phi) is 2.21. The van der Waals surface area contributed by atoms with Gasteiger partial charge in [0.15, 0.2) is 5.65 Å². The lowest BCUT2D eigenvalue weighted by Gasteiger charge is -2.26. The molecule has 16 heavy (non-hydrogen) atoms. The zero-order valence-electron chi connectivity index (χ0n) is 9.10. The van der Waals surface area contributed by atoms with Crippen molar-refractivity contribution in [3.63, 3.8) is 0 Å². The van der Waals surface area contributed by atoms with E-state index in [-0.39, 0.29) is 0 Å². The van der Waals surface area contributed by atoms with Gasteiger partial charge < -0.3 is 9.64 Å². The van der Waals surface area contributed by atoms with Crippen LogP contribution in [0.15, 0.2) is 6.20 Å². The van der Waals surface area contributed by atoms with Gasteiger partial charge in [-0.05, 0) is 6.92 Å². The van der Waals surface area contributed by atoms with Crippen molar-refractivity contribution in [2.75, 3.05) is 31.2 Å². The summed E-state index contributed by atoms with van der Waals surface area (Å²) in [7, 11) is 0. The van der Waals surface area contributed by atoms with E-state index in [2.05, 4.69) is 25.1 Å². The van der Waals surface area contributed by atoms with Crippen LogP contribution in [0.3, 0.4) is 0 Å². The molecule has 1 N–H and O–H groups in total. The molecule has 0 radical (unpaired) electrons. The lowest BCUT2D eigenvalue weighted by atomic mass is 10.3. The van der Waals surface area contributed by atoms with Gasteiger partial charge in [0, 0.05) is 13.1 Å². The summed E-state index contributed by atoms with van der Waals surface area (Å²) in [4.78, 5) is 11.1. The Bertz CT molecular complexity index is 503. The molecular formula is C10H13N5O. The Morgan fingerprint density at radius 3 is 2.94 bits per heavy atom. The van der Waals surface area contributed by atoms with Gasteiger partial charge in [-0.2, -0.15) is 10.1 Å². The fraction of sp³-hybridized carbons (Fsp3) is 0.500. The van der Waals surface area contributed by atoms with Gasteiger partial charge in [-0.25, -0.2) is 4.98 Å². The molecule has 0 atom stereocenters. The monoisotopic (exact) mass is 219 g/mol. The van der Waals surface area contributed by atoms with Crippen LogP contribution in [-0.4, -0.2) is 46.5 Å². The minimum absolute atomic E-state index is 0.740.